The number of nitrogens with zero attached hydrogens (tertiary/aromatic N) is 2. The van der Waals surface area contributed by atoms with Gasteiger partial charge in [0, 0.05) is 11.8 Å². The highest BCUT2D eigenvalue weighted by Gasteiger charge is 2.09. The first-order valence-electron chi connectivity index (χ1n) is 6.90. The Bertz CT molecular complexity index is 617. The van der Waals surface area contributed by atoms with E-state index in [2.05, 4.69) is 11.9 Å². The van der Waals surface area contributed by atoms with Crippen molar-refractivity contribution in [1.82, 2.24) is 9.55 Å². The third-order valence-corrected chi connectivity index (χ3v) is 3.29. The minimum absolute atomic E-state index is 0.140. The number of aliphatic hydroxyl groups is 1. The Hall–Kier alpha value is -1.94. The molecule has 1 N–H and O–H groups in total. The molecule has 0 amide bonds. The molecule has 4 heteroatoms. The van der Waals surface area contributed by atoms with Gasteiger partial charge in [0.05, 0.1) is 19.0 Å². The highest BCUT2D eigenvalue weighted by atomic mass is 16.3. The van der Waals surface area contributed by atoms with Crippen molar-refractivity contribution < 1.29 is 5.11 Å². The van der Waals surface area contributed by atoms with Crippen LogP contribution in [0.25, 0.3) is 0 Å². The van der Waals surface area contributed by atoms with Crippen LogP contribution in [0.3, 0.4) is 0 Å². The van der Waals surface area contributed by atoms with E-state index in [4.69, 9.17) is 0 Å². The third-order valence-electron chi connectivity index (χ3n) is 3.29. The topological polar surface area (TPSA) is 55.1 Å². The Morgan fingerprint density at radius 3 is 2.60 bits per heavy atom. The lowest BCUT2D eigenvalue weighted by molar-refractivity contribution is 0.154. The predicted molar refractivity (Wildman–Crippen MR) is 78.6 cm³/mol. The molecule has 4 nitrogen and oxygen atoms in total. The Labute approximate surface area is 118 Å². The van der Waals surface area contributed by atoms with E-state index in [1.165, 1.54) is 22.5 Å². The SMILES string of the molecule is CCCc1ccc(C(O)Cn2cnc(C)cc2=O)cc1. The smallest absolute Gasteiger partial charge is 0.253 e. The first-order chi connectivity index (χ1) is 9.60. The maximum absolute atomic E-state index is 11.8. The largest absolute Gasteiger partial charge is 0.387 e. The highest BCUT2D eigenvalue weighted by Crippen LogP contribution is 2.16. The predicted octanol–water partition coefficient (Wildman–Crippen LogP) is 2.24. The maximum Gasteiger partial charge on any atom is 0.253 e. The van der Waals surface area contributed by atoms with Crippen LogP contribution in [-0.2, 0) is 13.0 Å². The van der Waals surface area contributed by atoms with E-state index < -0.39 is 6.10 Å². The van der Waals surface area contributed by atoms with Gasteiger partial charge in [-0.25, -0.2) is 4.98 Å². The van der Waals surface area contributed by atoms with Gasteiger partial charge >= 0.3 is 0 Å². The van der Waals surface area contributed by atoms with E-state index >= 15 is 0 Å². The van der Waals surface area contributed by atoms with Crippen molar-refractivity contribution in [2.24, 2.45) is 0 Å². The van der Waals surface area contributed by atoms with Crippen molar-refractivity contribution in [2.75, 3.05) is 0 Å². The van der Waals surface area contributed by atoms with Gasteiger partial charge in [0.2, 0.25) is 0 Å². The molecule has 0 saturated carbocycles. The molecule has 0 aliphatic heterocycles. The number of hydrogen-bond donors (Lipinski definition) is 1. The number of hydrogen-bond acceptors (Lipinski definition) is 3. The monoisotopic (exact) mass is 272 g/mol. The second kappa shape index (κ2) is 6.48. The van der Waals surface area contributed by atoms with Crippen molar-refractivity contribution >= 4 is 0 Å². The molecule has 0 radical (unpaired) electrons. The fourth-order valence-electron chi connectivity index (χ4n) is 2.14. The molecule has 1 unspecified atom stereocenters. The zero-order chi connectivity index (χ0) is 14.5. The second-order valence-electron chi connectivity index (χ2n) is 5.03. The lowest BCUT2D eigenvalue weighted by Gasteiger charge is -2.13. The molecular weight excluding hydrogens is 252 g/mol. The summed E-state index contributed by atoms with van der Waals surface area (Å²) in [5.74, 6) is 0. The van der Waals surface area contributed by atoms with Gasteiger partial charge in [0.15, 0.2) is 0 Å². The van der Waals surface area contributed by atoms with Crippen LogP contribution in [0.2, 0.25) is 0 Å². The highest BCUT2D eigenvalue weighted by molar-refractivity contribution is 5.24. The summed E-state index contributed by atoms with van der Waals surface area (Å²) in [4.78, 5) is 15.8. The molecule has 2 aromatic rings. The second-order valence-corrected chi connectivity index (χ2v) is 5.03. The van der Waals surface area contributed by atoms with E-state index in [1.807, 2.05) is 24.3 Å². The molecule has 0 bridgehead atoms. The molecule has 20 heavy (non-hydrogen) atoms. The van der Waals surface area contributed by atoms with E-state index in [9.17, 15) is 9.90 Å². The molecule has 0 aliphatic carbocycles. The number of aromatic nitrogens is 2. The van der Waals surface area contributed by atoms with Crippen LogP contribution in [0.5, 0.6) is 0 Å². The average Bonchev–Trinajstić information content (AvgIpc) is 2.43. The van der Waals surface area contributed by atoms with Gasteiger partial charge in [-0.3, -0.25) is 9.36 Å². The van der Waals surface area contributed by atoms with Gasteiger partial charge in [-0.15, -0.1) is 0 Å². The van der Waals surface area contributed by atoms with Crippen molar-refractivity contribution in [1.29, 1.82) is 0 Å². The summed E-state index contributed by atoms with van der Waals surface area (Å²) in [6.45, 7) is 4.13. The Balaban J connectivity index is 2.11. The van der Waals surface area contributed by atoms with Crippen LogP contribution in [0.4, 0.5) is 0 Å². The number of aliphatic hydroxyl groups excluding tert-OH is 1. The Kier molecular flexibility index (Phi) is 4.69. The van der Waals surface area contributed by atoms with Gasteiger partial charge in [-0.05, 0) is 24.5 Å². The molecule has 1 aromatic carbocycles. The molecule has 0 fully saturated rings. The number of rotatable bonds is 5. The molecular formula is C16H20N2O2. The molecule has 106 valence electrons. The van der Waals surface area contributed by atoms with Crippen LogP contribution in [0.15, 0.2) is 41.5 Å². The molecule has 1 atom stereocenters. The molecule has 0 spiro atoms. The first kappa shape index (κ1) is 14.5. The summed E-state index contributed by atoms with van der Waals surface area (Å²) in [7, 11) is 0. The maximum atomic E-state index is 11.8. The van der Waals surface area contributed by atoms with Gasteiger partial charge in [-0.1, -0.05) is 37.6 Å². The fourth-order valence-corrected chi connectivity index (χ4v) is 2.14. The summed E-state index contributed by atoms with van der Waals surface area (Å²) < 4.78 is 1.43. The van der Waals surface area contributed by atoms with Gasteiger partial charge in [0.1, 0.15) is 0 Å². The summed E-state index contributed by atoms with van der Waals surface area (Å²) in [6.07, 6.45) is 2.92. The van der Waals surface area contributed by atoms with Crippen molar-refractivity contribution in [3.05, 3.63) is 63.8 Å². The van der Waals surface area contributed by atoms with E-state index in [-0.39, 0.29) is 12.1 Å². The summed E-state index contributed by atoms with van der Waals surface area (Å²) in [5.41, 5.74) is 2.62. The normalized spacial score (nSPS) is 12.3. The van der Waals surface area contributed by atoms with Crippen LogP contribution in [-0.4, -0.2) is 14.7 Å². The van der Waals surface area contributed by atoms with Crippen LogP contribution in [0.1, 0.15) is 36.3 Å². The van der Waals surface area contributed by atoms with Gasteiger partial charge < -0.3 is 5.11 Å². The van der Waals surface area contributed by atoms with Crippen molar-refractivity contribution in [2.45, 2.75) is 39.3 Å². The van der Waals surface area contributed by atoms with E-state index in [0.29, 0.717) is 5.69 Å². The zero-order valence-corrected chi connectivity index (χ0v) is 11.9. The Morgan fingerprint density at radius 1 is 1.30 bits per heavy atom. The van der Waals surface area contributed by atoms with Crippen LogP contribution in [0, 0.1) is 6.92 Å². The molecule has 1 heterocycles. The van der Waals surface area contributed by atoms with E-state index in [0.717, 1.165) is 18.4 Å². The van der Waals surface area contributed by atoms with Gasteiger partial charge in [0.25, 0.3) is 5.56 Å². The van der Waals surface area contributed by atoms with Crippen molar-refractivity contribution in [3.63, 3.8) is 0 Å². The fraction of sp³-hybridized carbons (Fsp3) is 0.375. The first-order valence-corrected chi connectivity index (χ1v) is 6.90. The molecule has 0 saturated heterocycles. The summed E-state index contributed by atoms with van der Waals surface area (Å²) >= 11 is 0. The quantitative estimate of drug-likeness (QED) is 0.908. The van der Waals surface area contributed by atoms with Crippen molar-refractivity contribution in [3.8, 4) is 0 Å². The standard InChI is InChI=1S/C16H20N2O2/c1-3-4-13-5-7-14(8-6-13)15(19)10-18-11-17-12(2)9-16(18)20/h5-9,11,15,19H,3-4,10H2,1-2H3. The lowest BCUT2D eigenvalue weighted by atomic mass is 10.0. The van der Waals surface area contributed by atoms with Crippen LogP contribution < -0.4 is 5.56 Å². The van der Waals surface area contributed by atoms with E-state index in [1.54, 1.807) is 6.92 Å². The van der Waals surface area contributed by atoms with Gasteiger partial charge in [-0.2, -0.15) is 0 Å². The molecule has 1 aromatic heterocycles. The lowest BCUT2D eigenvalue weighted by Crippen LogP contribution is -2.23. The number of aryl methyl sites for hydroxylation is 2. The number of benzene rings is 1. The van der Waals surface area contributed by atoms with Crippen LogP contribution >= 0.6 is 0 Å². The zero-order valence-electron chi connectivity index (χ0n) is 11.9. The third kappa shape index (κ3) is 3.54. The minimum atomic E-state index is -0.701. The molecule has 0 aliphatic rings. The average molecular weight is 272 g/mol. The summed E-state index contributed by atoms with van der Waals surface area (Å²) in [6, 6.07) is 9.36. The Morgan fingerprint density at radius 2 is 2.00 bits per heavy atom. The molecule has 2 rings (SSSR count). The minimum Gasteiger partial charge on any atom is -0.387 e. The summed E-state index contributed by atoms with van der Waals surface area (Å²) in [5, 5.41) is 10.2.